The zero-order valence-electron chi connectivity index (χ0n) is 12.3. The average Bonchev–Trinajstić information content (AvgIpc) is 2.95. The number of hydrogen-bond donors (Lipinski definition) is 1. The van der Waals surface area contributed by atoms with Crippen molar-refractivity contribution in [1.82, 2.24) is 4.31 Å². The first-order valence-electron chi connectivity index (χ1n) is 6.57. The van der Waals surface area contributed by atoms with Gasteiger partial charge in [0.1, 0.15) is 6.10 Å². The molecule has 1 aromatic carbocycles. The number of hydrogen-bond acceptors (Lipinski definition) is 4. The molecule has 0 amide bonds. The second kappa shape index (κ2) is 6.27. The molecule has 1 aromatic heterocycles. The van der Waals surface area contributed by atoms with E-state index in [1.165, 1.54) is 22.7 Å². The molecule has 0 saturated carbocycles. The Balaban J connectivity index is 2.20. The molecular weight excluding hydrogens is 306 g/mol. The largest absolute Gasteiger partial charge is 0.386 e. The van der Waals surface area contributed by atoms with Gasteiger partial charge in [0.05, 0.1) is 4.90 Å². The van der Waals surface area contributed by atoms with Crippen LogP contribution in [0.1, 0.15) is 22.1 Å². The van der Waals surface area contributed by atoms with Crippen LogP contribution in [-0.2, 0) is 10.0 Å². The van der Waals surface area contributed by atoms with E-state index in [1.807, 2.05) is 25.3 Å². The minimum absolute atomic E-state index is 0.0375. The molecule has 2 rings (SSSR count). The maximum Gasteiger partial charge on any atom is 0.242 e. The summed E-state index contributed by atoms with van der Waals surface area (Å²) in [5.41, 5.74) is 1.98. The molecule has 21 heavy (non-hydrogen) atoms. The molecule has 114 valence electrons. The highest BCUT2D eigenvalue weighted by Gasteiger charge is 2.24. The summed E-state index contributed by atoms with van der Waals surface area (Å²) in [5.74, 6) is 0. The number of benzene rings is 1. The normalized spacial score (nSPS) is 13.6. The number of aliphatic hydroxyl groups excluding tert-OH is 1. The molecule has 0 fully saturated rings. The van der Waals surface area contributed by atoms with Crippen LogP contribution in [0.3, 0.4) is 0 Å². The molecular formula is C15H19NO3S2. The van der Waals surface area contributed by atoms with E-state index in [0.29, 0.717) is 0 Å². The number of nitrogens with zero attached hydrogens (tertiary/aromatic N) is 1. The van der Waals surface area contributed by atoms with Gasteiger partial charge < -0.3 is 5.11 Å². The smallest absolute Gasteiger partial charge is 0.242 e. The fraction of sp³-hybridized carbons (Fsp3) is 0.333. The van der Waals surface area contributed by atoms with Crippen LogP contribution in [0.25, 0.3) is 0 Å². The standard InChI is InChI=1S/C15H19NO3S2/c1-11-6-7-13(9-12(11)2)21(18,19)16(3)10-14(17)15-5-4-8-20-15/h4-9,14,17H,10H2,1-3H3. The molecule has 2 aromatic rings. The highest BCUT2D eigenvalue weighted by molar-refractivity contribution is 7.89. The van der Waals surface area contributed by atoms with Crippen LogP contribution >= 0.6 is 11.3 Å². The van der Waals surface area contributed by atoms with Crippen molar-refractivity contribution in [2.24, 2.45) is 0 Å². The first-order chi connectivity index (χ1) is 9.82. The van der Waals surface area contributed by atoms with E-state index in [4.69, 9.17) is 0 Å². The number of thiophene rings is 1. The van der Waals surface area contributed by atoms with Gasteiger partial charge in [0, 0.05) is 18.5 Å². The second-order valence-corrected chi connectivity index (χ2v) is 8.09. The summed E-state index contributed by atoms with van der Waals surface area (Å²) in [7, 11) is -2.10. The van der Waals surface area contributed by atoms with Crippen LogP contribution < -0.4 is 0 Å². The molecule has 0 aliphatic carbocycles. The van der Waals surface area contributed by atoms with E-state index in [1.54, 1.807) is 24.3 Å². The third kappa shape index (κ3) is 3.52. The molecule has 1 atom stereocenters. The van der Waals surface area contributed by atoms with Crippen molar-refractivity contribution in [2.45, 2.75) is 24.8 Å². The summed E-state index contributed by atoms with van der Waals surface area (Å²) in [6.07, 6.45) is -0.809. The van der Waals surface area contributed by atoms with Gasteiger partial charge in [-0.1, -0.05) is 12.1 Å². The van der Waals surface area contributed by atoms with Crippen LogP contribution in [0, 0.1) is 13.8 Å². The summed E-state index contributed by atoms with van der Waals surface area (Å²) in [4.78, 5) is 1.02. The minimum Gasteiger partial charge on any atom is -0.386 e. The lowest BCUT2D eigenvalue weighted by molar-refractivity contribution is 0.158. The third-order valence-electron chi connectivity index (χ3n) is 3.49. The summed E-state index contributed by atoms with van der Waals surface area (Å²) < 4.78 is 26.2. The number of aryl methyl sites for hydroxylation is 2. The highest BCUT2D eigenvalue weighted by atomic mass is 32.2. The molecule has 0 radical (unpaired) electrons. The molecule has 1 unspecified atom stereocenters. The van der Waals surface area contributed by atoms with Gasteiger partial charge in [0.2, 0.25) is 10.0 Å². The molecule has 4 nitrogen and oxygen atoms in total. The third-order valence-corrected chi connectivity index (χ3v) is 6.28. The topological polar surface area (TPSA) is 57.6 Å². The van der Waals surface area contributed by atoms with Gasteiger partial charge in [-0.3, -0.25) is 0 Å². The van der Waals surface area contributed by atoms with Crippen LogP contribution in [0.4, 0.5) is 0 Å². The van der Waals surface area contributed by atoms with Crippen molar-refractivity contribution in [3.63, 3.8) is 0 Å². The van der Waals surface area contributed by atoms with Crippen LogP contribution in [0.15, 0.2) is 40.6 Å². The Hall–Kier alpha value is -1.21. The van der Waals surface area contributed by atoms with Crippen molar-refractivity contribution >= 4 is 21.4 Å². The van der Waals surface area contributed by atoms with E-state index >= 15 is 0 Å². The zero-order valence-corrected chi connectivity index (χ0v) is 13.9. The summed E-state index contributed by atoms with van der Waals surface area (Å²) in [5, 5.41) is 12.0. The lowest BCUT2D eigenvalue weighted by atomic mass is 10.1. The van der Waals surface area contributed by atoms with Crippen molar-refractivity contribution in [3.8, 4) is 0 Å². The Bertz CT molecular complexity index is 709. The Morgan fingerprint density at radius 1 is 1.24 bits per heavy atom. The average molecular weight is 325 g/mol. The zero-order chi connectivity index (χ0) is 15.6. The molecule has 1 N–H and O–H groups in total. The fourth-order valence-electron chi connectivity index (χ4n) is 1.97. The Morgan fingerprint density at radius 2 is 1.95 bits per heavy atom. The van der Waals surface area contributed by atoms with Crippen molar-refractivity contribution in [3.05, 3.63) is 51.7 Å². The molecule has 0 aliphatic rings. The monoisotopic (exact) mass is 325 g/mol. The van der Waals surface area contributed by atoms with Crippen LogP contribution in [0.2, 0.25) is 0 Å². The van der Waals surface area contributed by atoms with Crippen molar-refractivity contribution < 1.29 is 13.5 Å². The second-order valence-electron chi connectivity index (χ2n) is 5.06. The van der Waals surface area contributed by atoms with E-state index in [9.17, 15) is 13.5 Å². The molecule has 0 aliphatic heterocycles. The lowest BCUT2D eigenvalue weighted by Gasteiger charge is -2.20. The summed E-state index contributed by atoms with van der Waals surface area (Å²) in [6.45, 7) is 3.86. The first kappa shape index (κ1) is 16.2. The molecule has 6 heteroatoms. The summed E-state index contributed by atoms with van der Waals surface area (Å²) in [6, 6.07) is 8.70. The quantitative estimate of drug-likeness (QED) is 0.919. The lowest BCUT2D eigenvalue weighted by Crippen LogP contribution is -2.31. The van der Waals surface area contributed by atoms with Gasteiger partial charge in [0.15, 0.2) is 0 Å². The van der Waals surface area contributed by atoms with E-state index < -0.39 is 16.1 Å². The SMILES string of the molecule is Cc1ccc(S(=O)(=O)N(C)CC(O)c2cccs2)cc1C. The van der Waals surface area contributed by atoms with Crippen LogP contribution in [0.5, 0.6) is 0 Å². The van der Waals surface area contributed by atoms with Crippen molar-refractivity contribution in [1.29, 1.82) is 0 Å². The first-order valence-corrected chi connectivity index (χ1v) is 8.89. The predicted molar refractivity (Wildman–Crippen MR) is 85.0 cm³/mol. The maximum atomic E-state index is 12.5. The van der Waals surface area contributed by atoms with E-state index in [0.717, 1.165) is 16.0 Å². The Kier molecular flexibility index (Phi) is 4.83. The molecule has 0 spiro atoms. The van der Waals surface area contributed by atoms with Gasteiger partial charge >= 0.3 is 0 Å². The minimum atomic E-state index is -3.59. The maximum absolute atomic E-state index is 12.5. The number of sulfonamides is 1. The summed E-state index contributed by atoms with van der Waals surface area (Å²) >= 11 is 1.41. The predicted octanol–water partition coefficient (Wildman–Crippen LogP) is 2.72. The van der Waals surface area contributed by atoms with Gasteiger partial charge in [-0.15, -0.1) is 11.3 Å². The molecule has 0 bridgehead atoms. The molecule has 1 heterocycles. The van der Waals surface area contributed by atoms with Gasteiger partial charge in [-0.2, -0.15) is 4.31 Å². The van der Waals surface area contributed by atoms with Crippen molar-refractivity contribution in [2.75, 3.05) is 13.6 Å². The Labute approximate surface area is 129 Å². The van der Waals surface area contributed by atoms with Gasteiger partial charge in [-0.25, -0.2) is 8.42 Å². The van der Waals surface area contributed by atoms with E-state index in [-0.39, 0.29) is 11.4 Å². The Morgan fingerprint density at radius 3 is 2.52 bits per heavy atom. The highest BCUT2D eigenvalue weighted by Crippen LogP contribution is 2.23. The number of likely N-dealkylation sites (N-methyl/N-ethyl adjacent to an activating group) is 1. The fourth-order valence-corrected chi connectivity index (χ4v) is 3.93. The number of aliphatic hydroxyl groups is 1. The number of rotatable bonds is 5. The van der Waals surface area contributed by atoms with Gasteiger partial charge in [-0.05, 0) is 48.6 Å². The van der Waals surface area contributed by atoms with Crippen LogP contribution in [-0.4, -0.2) is 31.4 Å². The van der Waals surface area contributed by atoms with Gasteiger partial charge in [0.25, 0.3) is 0 Å². The molecule has 0 saturated heterocycles. The van der Waals surface area contributed by atoms with E-state index in [2.05, 4.69) is 0 Å².